The lowest BCUT2D eigenvalue weighted by Gasteiger charge is -2.36. The summed E-state index contributed by atoms with van der Waals surface area (Å²) in [6.07, 6.45) is 3.87. The summed E-state index contributed by atoms with van der Waals surface area (Å²) in [6.45, 7) is 6.42. The van der Waals surface area contributed by atoms with Gasteiger partial charge in [-0.15, -0.1) is 0 Å². The van der Waals surface area contributed by atoms with Crippen molar-refractivity contribution >= 4 is 10.0 Å². The number of nitrogens with one attached hydrogen (secondary N) is 2. The number of hydrogen-bond donors (Lipinski definition) is 2. The van der Waals surface area contributed by atoms with Gasteiger partial charge in [-0.2, -0.15) is 9.40 Å². The molecule has 0 aliphatic carbocycles. The van der Waals surface area contributed by atoms with E-state index in [-0.39, 0.29) is 5.03 Å². The minimum Gasteiger partial charge on any atom is -0.313 e. The Kier molecular flexibility index (Phi) is 4.30. The van der Waals surface area contributed by atoms with Crippen molar-refractivity contribution in [1.82, 2.24) is 24.7 Å². The molecule has 1 unspecified atom stereocenters. The third kappa shape index (κ3) is 2.85. The largest absolute Gasteiger partial charge is 0.313 e. The normalized spacial score (nSPS) is 24.3. The second-order valence-corrected chi connectivity index (χ2v) is 7.57. The highest BCUT2D eigenvalue weighted by Crippen LogP contribution is 2.26. The van der Waals surface area contributed by atoms with Crippen LogP contribution in [0.15, 0.2) is 11.2 Å². The summed E-state index contributed by atoms with van der Waals surface area (Å²) >= 11 is 0. The van der Waals surface area contributed by atoms with Gasteiger partial charge in [0, 0.05) is 37.8 Å². The topological polar surface area (TPSA) is 81.3 Å². The van der Waals surface area contributed by atoms with Crippen molar-refractivity contribution in [2.24, 2.45) is 0 Å². The quantitative estimate of drug-likeness (QED) is 0.799. The first-order valence-electron chi connectivity index (χ1n) is 7.60. The highest BCUT2D eigenvalue weighted by molar-refractivity contribution is 7.89. The maximum Gasteiger partial charge on any atom is 0.260 e. The first-order valence-corrected chi connectivity index (χ1v) is 9.04. The van der Waals surface area contributed by atoms with Crippen LogP contribution in [0.4, 0.5) is 0 Å². The van der Waals surface area contributed by atoms with E-state index in [9.17, 15) is 8.42 Å². The number of sulfonamides is 1. The predicted molar refractivity (Wildman–Crippen MR) is 79.3 cm³/mol. The van der Waals surface area contributed by atoms with Crippen LogP contribution in [0.25, 0.3) is 0 Å². The lowest BCUT2D eigenvalue weighted by atomic mass is 10.2. The standard InChI is InChI=1S/C13H23N5O2S/c1-2-14-8-11-9-15-16-13(11)21(19,20)18-7-6-17-5-3-4-12(17)10-18/h9,12,14H,2-8,10H2,1H3,(H,15,16). The van der Waals surface area contributed by atoms with Crippen LogP contribution in [0.5, 0.6) is 0 Å². The Morgan fingerprint density at radius 1 is 1.43 bits per heavy atom. The van der Waals surface area contributed by atoms with Gasteiger partial charge >= 0.3 is 0 Å². The summed E-state index contributed by atoms with van der Waals surface area (Å²) in [7, 11) is -3.47. The lowest BCUT2D eigenvalue weighted by Crippen LogP contribution is -2.52. The molecule has 21 heavy (non-hydrogen) atoms. The Labute approximate surface area is 125 Å². The highest BCUT2D eigenvalue weighted by atomic mass is 32.2. The molecule has 0 bridgehead atoms. The zero-order chi connectivity index (χ0) is 14.9. The van der Waals surface area contributed by atoms with E-state index < -0.39 is 10.0 Å². The molecule has 0 radical (unpaired) electrons. The molecule has 1 aromatic rings. The third-order valence-corrected chi connectivity index (χ3v) is 6.27. The predicted octanol–water partition coefficient (Wildman–Crippen LogP) is -0.0121. The molecule has 2 N–H and O–H groups in total. The summed E-state index contributed by atoms with van der Waals surface area (Å²) in [4.78, 5) is 2.40. The van der Waals surface area contributed by atoms with Crippen LogP contribution in [0, 0.1) is 0 Å². The van der Waals surface area contributed by atoms with Crippen LogP contribution >= 0.6 is 0 Å². The van der Waals surface area contributed by atoms with Gasteiger partial charge in [-0.3, -0.25) is 10.00 Å². The number of rotatable bonds is 5. The molecule has 0 saturated carbocycles. The number of hydrogen-bond acceptors (Lipinski definition) is 5. The molecule has 0 spiro atoms. The zero-order valence-corrected chi connectivity index (χ0v) is 13.2. The molecular formula is C13H23N5O2S. The number of H-pyrrole nitrogens is 1. The number of aromatic amines is 1. The lowest BCUT2D eigenvalue weighted by molar-refractivity contribution is 0.158. The molecule has 118 valence electrons. The van der Waals surface area contributed by atoms with Gasteiger partial charge in [0.25, 0.3) is 10.0 Å². The van der Waals surface area contributed by atoms with E-state index >= 15 is 0 Å². The molecule has 1 atom stereocenters. The number of aromatic nitrogens is 2. The van der Waals surface area contributed by atoms with Crippen molar-refractivity contribution in [3.8, 4) is 0 Å². The van der Waals surface area contributed by atoms with Gasteiger partial charge in [-0.1, -0.05) is 6.92 Å². The van der Waals surface area contributed by atoms with Crippen LogP contribution < -0.4 is 5.32 Å². The van der Waals surface area contributed by atoms with Crippen LogP contribution in [-0.4, -0.2) is 66.6 Å². The van der Waals surface area contributed by atoms with Crippen molar-refractivity contribution in [1.29, 1.82) is 0 Å². The van der Waals surface area contributed by atoms with E-state index in [4.69, 9.17) is 0 Å². The Balaban J connectivity index is 1.79. The van der Waals surface area contributed by atoms with Gasteiger partial charge in [0.15, 0.2) is 5.03 Å². The Morgan fingerprint density at radius 3 is 3.10 bits per heavy atom. The summed E-state index contributed by atoms with van der Waals surface area (Å²) in [5, 5.41) is 10.00. The average Bonchev–Trinajstić information content (AvgIpc) is 3.13. The van der Waals surface area contributed by atoms with Crippen LogP contribution in [0.2, 0.25) is 0 Å². The maximum atomic E-state index is 12.8. The third-order valence-electron chi connectivity index (χ3n) is 4.39. The van der Waals surface area contributed by atoms with Gasteiger partial charge in [0.05, 0.1) is 6.20 Å². The molecule has 7 nitrogen and oxygen atoms in total. The minimum absolute atomic E-state index is 0.245. The first kappa shape index (κ1) is 15.0. The Morgan fingerprint density at radius 2 is 2.29 bits per heavy atom. The molecule has 8 heteroatoms. The molecule has 3 heterocycles. The van der Waals surface area contributed by atoms with Gasteiger partial charge < -0.3 is 5.32 Å². The molecule has 2 aliphatic rings. The van der Waals surface area contributed by atoms with E-state index in [1.54, 1.807) is 10.5 Å². The van der Waals surface area contributed by atoms with Crippen molar-refractivity contribution in [3.05, 3.63) is 11.8 Å². The average molecular weight is 313 g/mol. The summed E-state index contributed by atoms with van der Waals surface area (Å²) in [5.41, 5.74) is 0.714. The fourth-order valence-corrected chi connectivity index (χ4v) is 4.79. The fraction of sp³-hybridized carbons (Fsp3) is 0.769. The second-order valence-electron chi connectivity index (χ2n) is 5.70. The monoisotopic (exact) mass is 313 g/mol. The van der Waals surface area contributed by atoms with Crippen molar-refractivity contribution in [3.63, 3.8) is 0 Å². The summed E-state index contributed by atoms with van der Waals surface area (Å²) in [6, 6.07) is 0.383. The van der Waals surface area contributed by atoms with Gasteiger partial charge in [0.1, 0.15) is 0 Å². The molecule has 0 amide bonds. The van der Waals surface area contributed by atoms with E-state index in [0.29, 0.717) is 31.2 Å². The molecule has 0 aromatic carbocycles. The van der Waals surface area contributed by atoms with Gasteiger partial charge in [-0.05, 0) is 25.9 Å². The van der Waals surface area contributed by atoms with Crippen LogP contribution in [0.3, 0.4) is 0 Å². The zero-order valence-electron chi connectivity index (χ0n) is 12.4. The number of piperazine rings is 1. The second kappa shape index (κ2) is 6.04. The van der Waals surface area contributed by atoms with E-state index in [1.165, 1.54) is 6.42 Å². The minimum atomic E-state index is -3.47. The SMILES string of the molecule is CCNCc1cn[nH]c1S(=O)(=O)N1CCN2CCCC2C1. The number of fused-ring (bicyclic) bond motifs is 1. The Hall–Kier alpha value is -0.960. The molecular weight excluding hydrogens is 290 g/mol. The first-order chi connectivity index (χ1) is 10.1. The molecule has 3 rings (SSSR count). The van der Waals surface area contributed by atoms with Crippen LogP contribution in [-0.2, 0) is 16.6 Å². The van der Waals surface area contributed by atoms with E-state index in [0.717, 1.165) is 26.1 Å². The maximum absolute atomic E-state index is 12.8. The Bertz CT molecular complexity index is 585. The smallest absolute Gasteiger partial charge is 0.260 e. The highest BCUT2D eigenvalue weighted by Gasteiger charge is 2.37. The van der Waals surface area contributed by atoms with Crippen molar-refractivity contribution in [2.75, 3.05) is 32.7 Å². The molecule has 2 fully saturated rings. The molecule has 1 aromatic heterocycles. The van der Waals surface area contributed by atoms with Crippen LogP contribution in [0.1, 0.15) is 25.3 Å². The van der Waals surface area contributed by atoms with Crippen molar-refractivity contribution < 1.29 is 8.42 Å². The van der Waals surface area contributed by atoms with Gasteiger partial charge in [0.2, 0.25) is 0 Å². The van der Waals surface area contributed by atoms with E-state index in [1.807, 2.05) is 6.92 Å². The van der Waals surface area contributed by atoms with Crippen molar-refractivity contribution in [2.45, 2.75) is 37.4 Å². The fourth-order valence-electron chi connectivity index (χ4n) is 3.22. The van der Waals surface area contributed by atoms with Gasteiger partial charge in [-0.25, -0.2) is 8.42 Å². The van der Waals surface area contributed by atoms with E-state index in [2.05, 4.69) is 20.4 Å². The summed E-state index contributed by atoms with van der Waals surface area (Å²) < 4.78 is 27.3. The number of nitrogens with zero attached hydrogens (tertiary/aromatic N) is 3. The summed E-state index contributed by atoms with van der Waals surface area (Å²) in [5.74, 6) is 0. The molecule has 2 aliphatic heterocycles. The molecule has 2 saturated heterocycles.